The maximum atomic E-state index is 6.13. The number of likely N-dealkylation sites (N-methyl/N-ethyl adjacent to an activating group) is 1. The van der Waals surface area contributed by atoms with Crippen LogP contribution in [-0.2, 0) is 0 Å². The van der Waals surface area contributed by atoms with Crippen molar-refractivity contribution in [3.05, 3.63) is 34.6 Å². The Bertz CT molecular complexity index is 399. The van der Waals surface area contributed by atoms with E-state index < -0.39 is 0 Å². The molecule has 1 aromatic heterocycles. The molecule has 0 N–H and O–H groups in total. The van der Waals surface area contributed by atoms with Gasteiger partial charge in [-0.15, -0.1) is 0 Å². The lowest BCUT2D eigenvalue weighted by molar-refractivity contribution is 0.370. The second-order valence-electron chi connectivity index (χ2n) is 4.03. The number of aryl methyl sites for hydroxylation is 1. The maximum Gasteiger partial charge on any atom is 0.136 e. The van der Waals surface area contributed by atoms with Gasteiger partial charge in [0.2, 0.25) is 0 Å². The molecule has 0 spiro atoms. The lowest BCUT2D eigenvalue weighted by atomic mass is 10.0. The lowest BCUT2D eigenvalue weighted by Gasteiger charge is -2.22. The van der Waals surface area contributed by atoms with Crippen molar-refractivity contribution >= 4 is 17.2 Å². The van der Waals surface area contributed by atoms with E-state index in [2.05, 4.69) is 29.1 Å². The van der Waals surface area contributed by atoms with Gasteiger partial charge >= 0.3 is 0 Å². The Balaban J connectivity index is 2.30. The minimum Gasteiger partial charge on any atom is -0.302 e. The average molecular weight is 223 g/mol. The summed E-state index contributed by atoms with van der Waals surface area (Å²) >= 11 is 6.13. The zero-order valence-electron chi connectivity index (χ0n) is 9.13. The molecule has 0 radical (unpaired) electrons. The summed E-state index contributed by atoms with van der Waals surface area (Å²) in [4.78, 5) is 6.57. The third-order valence-electron chi connectivity index (χ3n) is 2.75. The summed E-state index contributed by atoms with van der Waals surface area (Å²) in [5.74, 6) is 0. The van der Waals surface area contributed by atoms with Gasteiger partial charge < -0.3 is 4.90 Å². The van der Waals surface area contributed by atoms with Crippen LogP contribution in [0.3, 0.4) is 0 Å². The van der Waals surface area contributed by atoms with Crippen molar-refractivity contribution in [2.75, 3.05) is 20.1 Å². The van der Waals surface area contributed by atoms with E-state index in [1.165, 1.54) is 5.57 Å². The smallest absolute Gasteiger partial charge is 0.136 e. The fourth-order valence-electron chi connectivity index (χ4n) is 1.78. The van der Waals surface area contributed by atoms with Crippen LogP contribution in [0.15, 0.2) is 18.2 Å². The summed E-state index contributed by atoms with van der Waals surface area (Å²) in [6.07, 6.45) is 3.29. The van der Waals surface area contributed by atoms with Gasteiger partial charge in [0.15, 0.2) is 0 Å². The highest BCUT2D eigenvalue weighted by Crippen LogP contribution is 2.27. The quantitative estimate of drug-likeness (QED) is 0.680. The SMILES string of the molecule is Cc1ccc(C2=CCN(C)CC2)c(Cl)n1. The Morgan fingerprint density at radius 2 is 2.20 bits per heavy atom. The average Bonchev–Trinajstić information content (AvgIpc) is 2.20. The molecule has 0 amide bonds. The van der Waals surface area contributed by atoms with Crippen molar-refractivity contribution in [1.82, 2.24) is 9.88 Å². The molecule has 0 aliphatic carbocycles. The fraction of sp³-hybridized carbons (Fsp3) is 0.417. The van der Waals surface area contributed by atoms with Gasteiger partial charge in [-0.05, 0) is 38.1 Å². The highest BCUT2D eigenvalue weighted by Gasteiger charge is 2.12. The Hall–Kier alpha value is -0.860. The summed E-state index contributed by atoms with van der Waals surface area (Å²) in [6, 6.07) is 4.09. The van der Waals surface area contributed by atoms with E-state index in [0.717, 1.165) is 30.8 Å². The number of halogens is 1. The van der Waals surface area contributed by atoms with Crippen LogP contribution < -0.4 is 0 Å². The number of nitrogens with zero attached hydrogens (tertiary/aromatic N) is 2. The molecule has 0 saturated carbocycles. The molecule has 3 heteroatoms. The molecule has 2 heterocycles. The predicted octanol–water partition coefficient (Wildman–Crippen LogP) is 2.76. The van der Waals surface area contributed by atoms with Crippen molar-refractivity contribution in [2.45, 2.75) is 13.3 Å². The van der Waals surface area contributed by atoms with Gasteiger partial charge in [-0.25, -0.2) is 4.98 Å². The third kappa shape index (κ3) is 2.39. The van der Waals surface area contributed by atoms with Gasteiger partial charge in [0.1, 0.15) is 5.15 Å². The molecular formula is C12H15ClN2. The first-order valence-electron chi connectivity index (χ1n) is 5.18. The molecule has 15 heavy (non-hydrogen) atoms. The maximum absolute atomic E-state index is 6.13. The molecule has 0 unspecified atom stereocenters. The van der Waals surface area contributed by atoms with Gasteiger partial charge in [0, 0.05) is 24.3 Å². The van der Waals surface area contributed by atoms with E-state index in [4.69, 9.17) is 11.6 Å². The van der Waals surface area contributed by atoms with Gasteiger partial charge in [0.25, 0.3) is 0 Å². The van der Waals surface area contributed by atoms with Gasteiger partial charge in [-0.1, -0.05) is 17.7 Å². The molecule has 1 aromatic rings. The van der Waals surface area contributed by atoms with Crippen LogP contribution >= 0.6 is 11.6 Å². The van der Waals surface area contributed by atoms with Crippen molar-refractivity contribution in [3.63, 3.8) is 0 Å². The molecule has 1 aliphatic rings. The van der Waals surface area contributed by atoms with Crippen LogP contribution in [0.5, 0.6) is 0 Å². The minimum absolute atomic E-state index is 0.630. The molecule has 2 nitrogen and oxygen atoms in total. The summed E-state index contributed by atoms with van der Waals surface area (Å²) in [5, 5.41) is 0.630. The molecule has 0 atom stereocenters. The largest absolute Gasteiger partial charge is 0.302 e. The van der Waals surface area contributed by atoms with Crippen LogP contribution in [0.4, 0.5) is 0 Å². The molecule has 80 valence electrons. The zero-order chi connectivity index (χ0) is 10.8. The van der Waals surface area contributed by atoms with E-state index in [1.54, 1.807) is 0 Å². The van der Waals surface area contributed by atoms with E-state index in [9.17, 15) is 0 Å². The standard InChI is InChI=1S/C12H15ClN2/c1-9-3-4-11(12(13)14-9)10-5-7-15(2)8-6-10/h3-5H,6-8H2,1-2H3. The Morgan fingerprint density at radius 3 is 2.80 bits per heavy atom. The fourth-order valence-corrected chi connectivity index (χ4v) is 2.10. The van der Waals surface area contributed by atoms with E-state index >= 15 is 0 Å². The summed E-state index contributed by atoms with van der Waals surface area (Å²) in [6.45, 7) is 4.05. The van der Waals surface area contributed by atoms with Crippen LogP contribution in [0, 0.1) is 6.92 Å². The van der Waals surface area contributed by atoms with E-state index in [-0.39, 0.29) is 0 Å². The topological polar surface area (TPSA) is 16.1 Å². The molecule has 0 saturated heterocycles. The second kappa shape index (κ2) is 4.33. The number of pyridine rings is 1. The van der Waals surface area contributed by atoms with Gasteiger partial charge in [-0.3, -0.25) is 0 Å². The highest BCUT2D eigenvalue weighted by atomic mass is 35.5. The summed E-state index contributed by atoms with van der Waals surface area (Å²) in [5.41, 5.74) is 3.39. The second-order valence-corrected chi connectivity index (χ2v) is 4.39. The number of rotatable bonds is 1. The van der Waals surface area contributed by atoms with Crippen molar-refractivity contribution in [1.29, 1.82) is 0 Å². The van der Waals surface area contributed by atoms with E-state index in [1.807, 2.05) is 13.0 Å². The Kier molecular flexibility index (Phi) is 3.08. The van der Waals surface area contributed by atoms with Crippen LogP contribution in [0.1, 0.15) is 17.7 Å². The molecule has 2 rings (SSSR count). The van der Waals surface area contributed by atoms with Crippen molar-refractivity contribution < 1.29 is 0 Å². The summed E-state index contributed by atoms with van der Waals surface area (Å²) < 4.78 is 0. The number of hydrogen-bond donors (Lipinski definition) is 0. The van der Waals surface area contributed by atoms with Crippen molar-refractivity contribution in [2.24, 2.45) is 0 Å². The Morgan fingerprint density at radius 1 is 1.40 bits per heavy atom. The van der Waals surface area contributed by atoms with Gasteiger partial charge in [-0.2, -0.15) is 0 Å². The number of aromatic nitrogens is 1. The first kappa shape index (κ1) is 10.7. The van der Waals surface area contributed by atoms with Crippen molar-refractivity contribution in [3.8, 4) is 0 Å². The normalized spacial score (nSPS) is 17.7. The van der Waals surface area contributed by atoms with E-state index in [0.29, 0.717) is 5.15 Å². The van der Waals surface area contributed by atoms with Crippen LogP contribution in [0.2, 0.25) is 5.15 Å². The minimum atomic E-state index is 0.630. The van der Waals surface area contributed by atoms with Gasteiger partial charge in [0.05, 0.1) is 0 Å². The molecule has 1 aliphatic heterocycles. The molecule has 0 fully saturated rings. The zero-order valence-corrected chi connectivity index (χ0v) is 9.88. The molecule has 0 bridgehead atoms. The number of hydrogen-bond acceptors (Lipinski definition) is 2. The monoisotopic (exact) mass is 222 g/mol. The molecular weight excluding hydrogens is 208 g/mol. The van der Waals surface area contributed by atoms with Crippen LogP contribution in [0.25, 0.3) is 5.57 Å². The summed E-state index contributed by atoms with van der Waals surface area (Å²) in [7, 11) is 2.13. The third-order valence-corrected chi connectivity index (χ3v) is 3.03. The first-order valence-corrected chi connectivity index (χ1v) is 5.55. The predicted molar refractivity (Wildman–Crippen MR) is 64.1 cm³/mol. The first-order chi connectivity index (χ1) is 7.16. The highest BCUT2D eigenvalue weighted by molar-refractivity contribution is 6.31. The lowest BCUT2D eigenvalue weighted by Crippen LogP contribution is -2.23. The van der Waals surface area contributed by atoms with Crippen LogP contribution in [-0.4, -0.2) is 30.0 Å². The molecule has 0 aromatic carbocycles. The Labute approximate surface area is 95.6 Å².